The zero-order valence-corrected chi connectivity index (χ0v) is 18.5. The summed E-state index contributed by atoms with van der Waals surface area (Å²) in [6, 6.07) is 9.33. The standard InChI is InChI=1S/C22H24N2O5S/c1-13-8-14(2)21-17(9-13)24(12-20(26)29-5)22(30-21)23-19(25)10-15-6-7-16(27-3)11-18(15)28-4/h6-9,11H,10,12H2,1-5H3. The van der Waals surface area contributed by atoms with Crippen molar-refractivity contribution in [1.29, 1.82) is 0 Å². The molecule has 1 amide bonds. The molecule has 0 saturated heterocycles. The number of thiazole rings is 1. The Kier molecular flexibility index (Phi) is 6.56. The second-order valence-corrected chi connectivity index (χ2v) is 7.81. The molecular weight excluding hydrogens is 404 g/mol. The van der Waals surface area contributed by atoms with Gasteiger partial charge in [0.25, 0.3) is 5.91 Å². The van der Waals surface area contributed by atoms with Gasteiger partial charge in [0.1, 0.15) is 18.0 Å². The molecule has 0 aliphatic heterocycles. The molecule has 0 unspecified atom stereocenters. The second-order valence-electron chi connectivity index (χ2n) is 6.84. The molecule has 7 nitrogen and oxygen atoms in total. The van der Waals surface area contributed by atoms with E-state index in [0.717, 1.165) is 21.3 Å². The number of nitrogens with zero attached hydrogens (tertiary/aromatic N) is 2. The van der Waals surface area contributed by atoms with Gasteiger partial charge in [-0.3, -0.25) is 9.59 Å². The van der Waals surface area contributed by atoms with Gasteiger partial charge in [0, 0.05) is 11.6 Å². The van der Waals surface area contributed by atoms with E-state index in [-0.39, 0.29) is 18.9 Å². The van der Waals surface area contributed by atoms with Crippen LogP contribution in [-0.2, 0) is 27.3 Å². The number of hydrogen-bond acceptors (Lipinski definition) is 6. The lowest BCUT2D eigenvalue weighted by molar-refractivity contribution is -0.141. The second kappa shape index (κ2) is 9.13. The van der Waals surface area contributed by atoms with Crippen LogP contribution in [0.15, 0.2) is 35.3 Å². The quantitative estimate of drug-likeness (QED) is 0.564. The van der Waals surface area contributed by atoms with Crippen molar-refractivity contribution in [3.63, 3.8) is 0 Å². The molecule has 0 aliphatic carbocycles. The number of methoxy groups -OCH3 is 3. The van der Waals surface area contributed by atoms with Gasteiger partial charge in [-0.25, -0.2) is 0 Å². The lowest BCUT2D eigenvalue weighted by Gasteiger charge is -2.09. The average molecular weight is 429 g/mol. The highest BCUT2D eigenvalue weighted by molar-refractivity contribution is 7.16. The largest absolute Gasteiger partial charge is 0.497 e. The Balaban J connectivity index is 2.04. The molecule has 0 bridgehead atoms. The van der Waals surface area contributed by atoms with Crippen LogP contribution in [0.4, 0.5) is 0 Å². The predicted molar refractivity (Wildman–Crippen MR) is 115 cm³/mol. The van der Waals surface area contributed by atoms with E-state index in [1.165, 1.54) is 18.4 Å². The number of aromatic nitrogens is 1. The van der Waals surface area contributed by atoms with Crippen LogP contribution in [0.1, 0.15) is 16.7 Å². The Bertz CT molecular complexity index is 1180. The molecule has 0 fully saturated rings. The molecule has 0 saturated carbocycles. The van der Waals surface area contributed by atoms with E-state index in [0.29, 0.717) is 21.9 Å². The molecule has 1 aromatic heterocycles. The highest BCUT2D eigenvalue weighted by Crippen LogP contribution is 2.26. The van der Waals surface area contributed by atoms with Crippen molar-refractivity contribution in [1.82, 2.24) is 4.57 Å². The fraction of sp³-hybridized carbons (Fsp3) is 0.318. The maximum Gasteiger partial charge on any atom is 0.325 e. The summed E-state index contributed by atoms with van der Waals surface area (Å²) >= 11 is 1.38. The van der Waals surface area contributed by atoms with E-state index >= 15 is 0 Å². The number of aryl methyl sites for hydroxylation is 2. The van der Waals surface area contributed by atoms with Crippen LogP contribution in [-0.4, -0.2) is 37.8 Å². The van der Waals surface area contributed by atoms with Crippen molar-refractivity contribution in [3.05, 3.63) is 51.8 Å². The predicted octanol–water partition coefficient (Wildman–Crippen LogP) is 3.18. The van der Waals surface area contributed by atoms with Gasteiger partial charge in [0.15, 0.2) is 4.80 Å². The number of esters is 1. The van der Waals surface area contributed by atoms with E-state index in [1.807, 2.05) is 19.9 Å². The van der Waals surface area contributed by atoms with Crippen LogP contribution < -0.4 is 14.3 Å². The highest BCUT2D eigenvalue weighted by atomic mass is 32.1. The lowest BCUT2D eigenvalue weighted by Crippen LogP contribution is -2.22. The first-order chi connectivity index (χ1) is 14.4. The van der Waals surface area contributed by atoms with Gasteiger partial charge < -0.3 is 18.8 Å². The van der Waals surface area contributed by atoms with Crippen molar-refractivity contribution in [2.45, 2.75) is 26.8 Å². The molecule has 8 heteroatoms. The van der Waals surface area contributed by atoms with Crippen molar-refractivity contribution in [2.75, 3.05) is 21.3 Å². The Morgan fingerprint density at radius 3 is 2.50 bits per heavy atom. The van der Waals surface area contributed by atoms with Gasteiger partial charge in [0.05, 0.1) is 38.0 Å². The summed E-state index contributed by atoms with van der Waals surface area (Å²) < 4.78 is 18.1. The molecule has 2 aromatic carbocycles. The number of amides is 1. The number of fused-ring (bicyclic) bond motifs is 1. The van der Waals surface area contributed by atoms with Gasteiger partial charge in [-0.05, 0) is 37.1 Å². The molecular formula is C22H24N2O5S. The molecule has 30 heavy (non-hydrogen) atoms. The molecule has 3 rings (SSSR count). The van der Waals surface area contributed by atoms with E-state index in [4.69, 9.17) is 14.2 Å². The Morgan fingerprint density at radius 2 is 1.83 bits per heavy atom. The summed E-state index contributed by atoms with van der Waals surface area (Å²) in [5.41, 5.74) is 3.70. The van der Waals surface area contributed by atoms with E-state index in [2.05, 4.69) is 11.1 Å². The summed E-state index contributed by atoms with van der Waals surface area (Å²) in [6.45, 7) is 3.98. The van der Waals surface area contributed by atoms with Crippen LogP contribution in [0.3, 0.4) is 0 Å². The summed E-state index contributed by atoms with van der Waals surface area (Å²) in [5.74, 6) is 0.465. The third-order valence-electron chi connectivity index (χ3n) is 4.69. The number of hydrogen-bond donors (Lipinski definition) is 0. The fourth-order valence-corrected chi connectivity index (χ4v) is 4.35. The van der Waals surface area contributed by atoms with Crippen molar-refractivity contribution >= 4 is 33.4 Å². The smallest absolute Gasteiger partial charge is 0.325 e. The summed E-state index contributed by atoms with van der Waals surface area (Å²) in [4.78, 5) is 29.5. The summed E-state index contributed by atoms with van der Waals surface area (Å²) in [7, 11) is 4.45. The third kappa shape index (κ3) is 4.54. The molecule has 0 aliphatic rings. The van der Waals surface area contributed by atoms with Gasteiger partial charge in [-0.1, -0.05) is 23.5 Å². The number of ether oxygens (including phenoxy) is 3. The van der Waals surface area contributed by atoms with Gasteiger partial charge >= 0.3 is 5.97 Å². The molecule has 1 heterocycles. The molecule has 0 spiro atoms. The van der Waals surface area contributed by atoms with Crippen molar-refractivity contribution in [3.8, 4) is 11.5 Å². The first-order valence-electron chi connectivity index (χ1n) is 9.32. The Morgan fingerprint density at radius 1 is 1.07 bits per heavy atom. The van der Waals surface area contributed by atoms with E-state index in [1.54, 1.807) is 37.0 Å². The lowest BCUT2D eigenvalue weighted by atomic mass is 10.1. The number of rotatable bonds is 6. The normalized spacial score (nSPS) is 11.6. The maximum atomic E-state index is 12.8. The Labute approximate surface area is 178 Å². The van der Waals surface area contributed by atoms with Gasteiger partial charge in [-0.2, -0.15) is 4.99 Å². The first-order valence-corrected chi connectivity index (χ1v) is 10.1. The number of carbonyl (C=O) groups is 2. The van der Waals surface area contributed by atoms with Crippen molar-refractivity contribution < 1.29 is 23.8 Å². The van der Waals surface area contributed by atoms with Crippen LogP contribution in [0.2, 0.25) is 0 Å². The Hall–Kier alpha value is -3.13. The summed E-state index contributed by atoms with van der Waals surface area (Å²) in [6.07, 6.45) is 0.0671. The SMILES string of the molecule is COC(=O)Cn1c(=NC(=O)Cc2ccc(OC)cc2OC)sc2c(C)cc(C)cc21. The minimum absolute atomic E-state index is 0.0165. The number of carbonyl (C=O) groups excluding carboxylic acids is 2. The average Bonchev–Trinajstić information content (AvgIpc) is 3.05. The zero-order chi connectivity index (χ0) is 21.8. The first kappa shape index (κ1) is 21.6. The van der Waals surface area contributed by atoms with Crippen LogP contribution >= 0.6 is 11.3 Å². The third-order valence-corrected chi connectivity index (χ3v) is 5.92. The number of benzene rings is 2. The van der Waals surface area contributed by atoms with Crippen molar-refractivity contribution in [2.24, 2.45) is 4.99 Å². The topological polar surface area (TPSA) is 79.1 Å². The highest BCUT2D eigenvalue weighted by Gasteiger charge is 2.15. The van der Waals surface area contributed by atoms with E-state index in [9.17, 15) is 9.59 Å². The minimum atomic E-state index is -0.403. The molecule has 0 atom stereocenters. The monoisotopic (exact) mass is 428 g/mol. The zero-order valence-electron chi connectivity index (χ0n) is 17.6. The molecule has 0 N–H and O–H groups in total. The maximum absolute atomic E-state index is 12.8. The van der Waals surface area contributed by atoms with Gasteiger partial charge in [-0.15, -0.1) is 0 Å². The van der Waals surface area contributed by atoms with Gasteiger partial charge in [0.2, 0.25) is 0 Å². The minimum Gasteiger partial charge on any atom is -0.497 e. The summed E-state index contributed by atoms with van der Waals surface area (Å²) in [5, 5.41) is 0. The molecule has 3 aromatic rings. The van der Waals surface area contributed by atoms with Crippen LogP contribution in [0.5, 0.6) is 11.5 Å². The van der Waals surface area contributed by atoms with E-state index < -0.39 is 5.97 Å². The van der Waals surface area contributed by atoms with Crippen LogP contribution in [0, 0.1) is 13.8 Å². The van der Waals surface area contributed by atoms with Crippen LogP contribution in [0.25, 0.3) is 10.2 Å². The molecule has 0 radical (unpaired) electrons. The fourth-order valence-electron chi connectivity index (χ4n) is 3.25. The molecule has 158 valence electrons.